The predicted molar refractivity (Wildman–Crippen MR) is 88.8 cm³/mol. The standard InChI is InChI=1S/C17H25N5O/c1-3-13-18-17(11-5-4-6-12-17)16-19-20-21-22(16)14-7-9-15(23-2)10-8-14/h7-10,18H,3-6,11-13H2,1-2H3. The van der Waals surface area contributed by atoms with Crippen LogP contribution < -0.4 is 10.1 Å². The second-order valence-corrected chi connectivity index (χ2v) is 6.18. The number of nitrogens with zero attached hydrogens (tertiary/aromatic N) is 4. The summed E-state index contributed by atoms with van der Waals surface area (Å²) in [6.45, 7) is 3.17. The minimum absolute atomic E-state index is 0.113. The number of benzene rings is 1. The number of rotatable bonds is 6. The fourth-order valence-corrected chi connectivity index (χ4v) is 3.38. The molecule has 0 amide bonds. The van der Waals surface area contributed by atoms with Crippen molar-refractivity contribution in [3.63, 3.8) is 0 Å². The van der Waals surface area contributed by atoms with Crippen molar-refractivity contribution in [2.75, 3.05) is 13.7 Å². The van der Waals surface area contributed by atoms with E-state index in [1.807, 2.05) is 28.9 Å². The molecule has 0 saturated heterocycles. The zero-order valence-corrected chi connectivity index (χ0v) is 14.0. The minimum Gasteiger partial charge on any atom is -0.497 e. The summed E-state index contributed by atoms with van der Waals surface area (Å²) in [6.07, 6.45) is 7.00. The highest BCUT2D eigenvalue weighted by atomic mass is 16.5. The van der Waals surface area contributed by atoms with Crippen LogP contribution in [-0.2, 0) is 5.54 Å². The van der Waals surface area contributed by atoms with E-state index in [4.69, 9.17) is 4.74 Å². The first-order chi connectivity index (χ1) is 11.3. The van der Waals surface area contributed by atoms with Crippen LogP contribution in [0.3, 0.4) is 0 Å². The molecular formula is C17H25N5O. The normalized spacial score (nSPS) is 17.1. The molecule has 6 nitrogen and oxygen atoms in total. The zero-order valence-electron chi connectivity index (χ0n) is 14.0. The number of tetrazole rings is 1. The monoisotopic (exact) mass is 315 g/mol. The maximum Gasteiger partial charge on any atom is 0.176 e. The van der Waals surface area contributed by atoms with Crippen LogP contribution in [-0.4, -0.2) is 33.9 Å². The van der Waals surface area contributed by atoms with E-state index in [2.05, 4.69) is 27.8 Å². The minimum atomic E-state index is -0.113. The maximum atomic E-state index is 5.23. The molecule has 1 fully saturated rings. The number of ether oxygens (including phenoxy) is 1. The van der Waals surface area contributed by atoms with E-state index in [0.717, 1.165) is 43.1 Å². The molecule has 0 aliphatic heterocycles. The molecule has 0 radical (unpaired) electrons. The number of methoxy groups -OCH3 is 1. The van der Waals surface area contributed by atoms with Crippen LogP contribution in [0.2, 0.25) is 0 Å². The summed E-state index contributed by atoms with van der Waals surface area (Å²) in [6, 6.07) is 7.87. The smallest absolute Gasteiger partial charge is 0.176 e. The van der Waals surface area contributed by atoms with E-state index >= 15 is 0 Å². The lowest BCUT2D eigenvalue weighted by molar-refractivity contribution is 0.217. The topological polar surface area (TPSA) is 64.9 Å². The Kier molecular flexibility index (Phi) is 4.91. The Bertz CT molecular complexity index is 616. The van der Waals surface area contributed by atoms with Gasteiger partial charge in [0.15, 0.2) is 5.82 Å². The van der Waals surface area contributed by atoms with Crippen molar-refractivity contribution >= 4 is 0 Å². The van der Waals surface area contributed by atoms with E-state index in [9.17, 15) is 0 Å². The summed E-state index contributed by atoms with van der Waals surface area (Å²) in [4.78, 5) is 0. The predicted octanol–water partition coefficient (Wildman–Crippen LogP) is 2.83. The molecule has 3 rings (SSSR count). The Morgan fingerprint density at radius 3 is 2.57 bits per heavy atom. The van der Waals surface area contributed by atoms with E-state index < -0.39 is 0 Å². The van der Waals surface area contributed by atoms with Crippen molar-refractivity contribution in [1.29, 1.82) is 0 Å². The Labute approximate surface area is 137 Å². The molecule has 6 heteroatoms. The number of hydrogen-bond donors (Lipinski definition) is 1. The van der Waals surface area contributed by atoms with Crippen molar-refractivity contribution in [2.45, 2.75) is 51.0 Å². The van der Waals surface area contributed by atoms with Gasteiger partial charge in [0.2, 0.25) is 0 Å². The lowest BCUT2D eigenvalue weighted by atomic mass is 9.80. The molecule has 1 aliphatic rings. The second kappa shape index (κ2) is 7.08. The van der Waals surface area contributed by atoms with Crippen LogP contribution in [0, 0.1) is 0 Å². The number of hydrogen-bond acceptors (Lipinski definition) is 5. The van der Waals surface area contributed by atoms with E-state index in [1.54, 1.807) is 7.11 Å². The molecule has 23 heavy (non-hydrogen) atoms. The Morgan fingerprint density at radius 2 is 1.91 bits per heavy atom. The van der Waals surface area contributed by atoms with Gasteiger partial charge in [0.1, 0.15) is 5.75 Å². The van der Waals surface area contributed by atoms with Gasteiger partial charge in [-0.1, -0.05) is 26.2 Å². The lowest BCUT2D eigenvalue weighted by Crippen LogP contribution is -2.46. The first kappa shape index (κ1) is 15.9. The van der Waals surface area contributed by atoms with E-state index in [0.29, 0.717) is 0 Å². The molecule has 1 aromatic carbocycles. The molecule has 1 saturated carbocycles. The molecule has 1 heterocycles. The lowest BCUT2D eigenvalue weighted by Gasteiger charge is -2.37. The summed E-state index contributed by atoms with van der Waals surface area (Å²) >= 11 is 0. The third kappa shape index (κ3) is 3.22. The fraction of sp³-hybridized carbons (Fsp3) is 0.588. The van der Waals surface area contributed by atoms with Crippen LogP contribution in [0.1, 0.15) is 51.3 Å². The van der Waals surface area contributed by atoms with Gasteiger partial charge in [-0.15, -0.1) is 5.10 Å². The van der Waals surface area contributed by atoms with E-state index in [1.165, 1.54) is 19.3 Å². The van der Waals surface area contributed by atoms with Crippen molar-refractivity contribution in [3.05, 3.63) is 30.1 Å². The molecule has 1 aromatic heterocycles. The molecule has 1 aliphatic carbocycles. The Balaban J connectivity index is 1.96. The van der Waals surface area contributed by atoms with Gasteiger partial charge < -0.3 is 10.1 Å². The molecule has 124 valence electrons. The van der Waals surface area contributed by atoms with Crippen molar-refractivity contribution < 1.29 is 4.74 Å². The van der Waals surface area contributed by atoms with E-state index in [-0.39, 0.29) is 5.54 Å². The van der Waals surface area contributed by atoms with Gasteiger partial charge >= 0.3 is 0 Å². The summed E-state index contributed by atoms with van der Waals surface area (Å²) < 4.78 is 7.10. The molecular weight excluding hydrogens is 290 g/mol. The van der Waals surface area contributed by atoms with Crippen molar-refractivity contribution in [3.8, 4) is 11.4 Å². The number of nitrogens with one attached hydrogen (secondary N) is 1. The first-order valence-electron chi connectivity index (χ1n) is 8.47. The van der Waals surface area contributed by atoms with Gasteiger partial charge in [0.25, 0.3) is 0 Å². The molecule has 0 unspecified atom stereocenters. The summed E-state index contributed by atoms with van der Waals surface area (Å²) in [5, 5.41) is 16.3. The molecule has 2 aromatic rings. The quantitative estimate of drug-likeness (QED) is 0.888. The molecule has 0 atom stereocenters. The summed E-state index contributed by atoms with van der Waals surface area (Å²) in [5.41, 5.74) is 0.853. The third-order valence-corrected chi connectivity index (χ3v) is 4.64. The van der Waals surface area contributed by atoms with Crippen LogP contribution in [0.5, 0.6) is 5.75 Å². The van der Waals surface area contributed by atoms with Gasteiger partial charge in [-0.25, -0.2) is 0 Å². The molecule has 1 N–H and O–H groups in total. The van der Waals surface area contributed by atoms with Crippen molar-refractivity contribution in [1.82, 2.24) is 25.5 Å². The maximum absolute atomic E-state index is 5.23. The first-order valence-corrected chi connectivity index (χ1v) is 8.47. The van der Waals surface area contributed by atoms with Crippen LogP contribution in [0.15, 0.2) is 24.3 Å². The fourth-order valence-electron chi connectivity index (χ4n) is 3.38. The van der Waals surface area contributed by atoms with Crippen LogP contribution in [0.4, 0.5) is 0 Å². The van der Waals surface area contributed by atoms with Gasteiger partial charge in [0.05, 0.1) is 18.3 Å². The SMILES string of the molecule is CCCNC1(c2nnnn2-c2ccc(OC)cc2)CCCCC1. The average Bonchev–Trinajstić information content (AvgIpc) is 3.11. The largest absolute Gasteiger partial charge is 0.497 e. The Morgan fingerprint density at radius 1 is 1.17 bits per heavy atom. The highest BCUT2D eigenvalue weighted by Crippen LogP contribution is 2.36. The number of aromatic nitrogens is 4. The summed E-state index contributed by atoms with van der Waals surface area (Å²) in [5.74, 6) is 1.76. The highest BCUT2D eigenvalue weighted by molar-refractivity contribution is 5.37. The van der Waals surface area contributed by atoms with Gasteiger partial charge in [-0.2, -0.15) is 4.68 Å². The molecule has 0 spiro atoms. The van der Waals surface area contributed by atoms with Crippen LogP contribution in [0.25, 0.3) is 5.69 Å². The highest BCUT2D eigenvalue weighted by Gasteiger charge is 2.38. The third-order valence-electron chi connectivity index (χ3n) is 4.64. The Hall–Kier alpha value is -1.95. The second-order valence-electron chi connectivity index (χ2n) is 6.18. The van der Waals surface area contributed by atoms with Gasteiger partial charge in [0, 0.05) is 0 Å². The summed E-state index contributed by atoms with van der Waals surface area (Å²) in [7, 11) is 1.67. The van der Waals surface area contributed by atoms with Crippen molar-refractivity contribution in [2.24, 2.45) is 0 Å². The van der Waals surface area contributed by atoms with Crippen LogP contribution >= 0.6 is 0 Å². The average molecular weight is 315 g/mol. The molecule has 0 bridgehead atoms. The zero-order chi connectivity index (χ0) is 16.1. The van der Waals surface area contributed by atoms with Gasteiger partial charge in [-0.05, 0) is 60.5 Å². The van der Waals surface area contributed by atoms with Gasteiger partial charge in [-0.3, -0.25) is 0 Å².